The molecule has 1 fully saturated rings. The Morgan fingerprint density at radius 1 is 0.938 bits per heavy atom. The molecule has 0 aliphatic heterocycles. The molecular weight excluding hydrogens is 460 g/mol. The van der Waals surface area contributed by atoms with Crippen molar-refractivity contribution in [3.63, 3.8) is 0 Å². The zero-order valence-electron chi connectivity index (χ0n) is 16.7. The number of anilines is 1. The standard InChI is InChI=1S/C20H20N2O8S2/c21-30-32(28,29)20-15(31(25,26)27)10-14(22-11-6-2-1-3-7-11)16-17(20)19(24)13-9-5-4-8-12(13)18(16)23/h4-5,8-11,22H,1-3,6-7,21H2,(H,25,26,27). The highest BCUT2D eigenvalue weighted by Crippen LogP contribution is 2.40. The maximum atomic E-state index is 13.4. The summed E-state index contributed by atoms with van der Waals surface area (Å²) in [5, 5.41) is 3.08. The number of benzene rings is 2. The van der Waals surface area contributed by atoms with Gasteiger partial charge in [0.25, 0.3) is 10.1 Å². The SMILES string of the molecule is NOS(=O)(=O)c1c(S(=O)(=O)O)cc(NC2CCCCC2)c2c1C(=O)c1ccccc1C2=O. The van der Waals surface area contributed by atoms with Crippen LogP contribution in [0.5, 0.6) is 0 Å². The summed E-state index contributed by atoms with van der Waals surface area (Å²) in [6.45, 7) is 0. The summed E-state index contributed by atoms with van der Waals surface area (Å²) in [5.74, 6) is 3.31. The second-order valence-electron chi connectivity index (χ2n) is 7.71. The summed E-state index contributed by atoms with van der Waals surface area (Å²) in [6.07, 6.45) is 4.33. The molecule has 1 saturated carbocycles. The van der Waals surface area contributed by atoms with Gasteiger partial charge in [-0.25, -0.2) is 0 Å². The van der Waals surface area contributed by atoms with E-state index in [4.69, 9.17) is 5.90 Å². The van der Waals surface area contributed by atoms with Crippen molar-refractivity contribution in [1.29, 1.82) is 0 Å². The molecule has 12 heteroatoms. The quantitative estimate of drug-likeness (QED) is 0.362. The van der Waals surface area contributed by atoms with Crippen LogP contribution in [0.1, 0.15) is 63.9 Å². The van der Waals surface area contributed by atoms with Crippen molar-refractivity contribution in [2.45, 2.75) is 47.9 Å². The first kappa shape index (κ1) is 22.6. The number of carbonyl (C=O) groups is 2. The van der Waals surface area contributed by atoms with Gasteiger partial charge in [0.05, 0.1) is 11.1 Å². The lowest BCUT2D eigenvalue weighted by molar-refractivity contribution is 0.0976. The van der Waals surface area contributed by atoms with Gasteiger partial charge in [0.1, 0.15) is 9.79 Å². The minimum Gasteiger partial charge on any atom is -0.382 e. The predicted molar refractivity (Wildman–Crippen MR) is 113 cm³/mol. The van der Waals surface area contributed by atoms with E-state index in [1.807, 2.05) is 0 Å². The summed E-state index contributed by atoms with van der Waals surface area (Å²) >= 11 is 0. The fraction of sp³-hybridized carbons (Fsp3) is 0.300. The maximum absolute atomic E-state index is 13.4. The van der Waals surface area contributed by atoms with Gasteiger partial charge in [0.2, 0.25) is 0 Å². The van der Waals surface area contributed by atoms with E-state index < -0.39 is 47.2 Å². The summed E-state index contributed by atoms with van der Waals surface area (Å²) in [5.41, 5.74) is -1.11. The Labute approximate surface area is 184 Å². The Morgan fingerprint density at radius 2 is 1.50 bits per heavy atom. The van der Waals surface area contributed by atoms with Crippen LogP contribution in [-0.2, 0) is 24.5 Å². The third-order valence-electron chi connectivity index (χ3n) is 5.74. The lowest BCUT2D eigenvalue weighted by Gasteiger charge is -2.28. The predicted octanol–water partition coefficient (Wildman–Crippen LogP) is 2.03. The molecule has 0 amide bonds. The smallest absolute Gasteiger partial charge is 0.314 e. The van der Waals surface area contributed by atoms with Gasteiger partial charge in [0, 0.05) is 22.9 Å². The Morgan fingerprint density at radius 3 is 2.03 bits per heavy atom. The summed E-state index contributed by atoms with van der Waals surface area (Å²) in [7, 11) is -10.2. The van der Waals surface area contributed by atoms with Crippen molar-refractivity contribution in [1.82, 2.24) is 0 Å². The zero-order chi connectivity index (χ0) is 23.3. The second-order valence-corrected chi connectivity index (χ2v) is 10.6. The molecule has 32 heavy (non-hydrogen) atoms. The molecule has 2 aliphatic rings. The summed E-state index contributed by atoms with van der Waals surface area (Å²) in [6, 6.07) is 6.50. The van der Waals surface area contributed by atoms with Crippen LogP contribution >= 0.6 is 0 Å². The number of hydrogen-bond acceptors (Lipinski definition) is 9. The van der Waals surface area contributed by atoms with E-state index in [0.29, 0.717) is 0 Å². The fourth-order valence-corrected chi connectivity index (χ4v) is 6.38. The molecule has 2 aliphatic carbocycles. The molecule has 2 aromatic carbocycles. The van der Waals surface area contributed by atoms with Gasteiger partial charge in [-0.3, -0.25) is 14.1 Å². The average Bonchev–Trinajstić information content (AvgIpc) is 2.76. The molecule has 4 rings (SSSR count). The number of rotatable bonds is 5. The second kappa shape index (κ2) is 8.05. The summed E-state index contributed by atoms with van der Waals surface area (Å²) in [4.78, 5) is 24.5. The first-order valence-electron chi connectivity index (χ1n) is 9.83. The minimum atomic E-state index is -5.16. The van der Waals surface area contributed by atoms with E-state index in [2.05, 4.69) is 9.60 Å². The van der Waals surface area contributed by atoms with E-state index in [9.17, 15) is 31.0 Å². The normalized spacial score (nSPS) is 17.1. The molecule has 2 aromatic rings. The number of carbonyl (C=O) groups excluding carboxylic acids is 2. The van der Waals surface area contributed by atoms with E-state index in [-0.39, 0.29) is 28.4 Å². The Balaban J connectivity index is 2.09. The van der Waals surface area contributed by atoms with Crippen LogP contribution in [0.25, 0.3) is 0 Å². The van der Waals surface area contributed by atoms with Gasteiger partial charge >= 0.3 is 10.1 Å². The van der Waals surface area contributed by atoms with Crippen LogP contribution in [-0.4, -0.2) is 39.0 Å². The Bertz CT molecular complexity index is 1340. The maximum Gasteiger partial charge on any atom is 0.314 e. The molecule has 0 radical (unpaired) electrons. The highest BCUT2D eigenvalue weighted by Gasteiger charge is 2.41. The van der Waals surface area contributed by atoms with Crippen molar-refractivity contribution in [3.8, 4) is 0 Å². The van der Waals surface area contributed by atoms with Crippen molar-refractivity contribution < 1.29 is 35.3 Å². The molecule has 0 aromatic heterocycles. The fourth-order valence-electron chi connectivity index (χ4n) is 4.31. The van der Waals surface area contributed by atoms with Crippen LogP contribution in [0, 0.1) is 0 Å². The highest BCUT2D eigenvalue weighted by molar-refractivity contribution is 7.89. The largest absolute Gasteiger partial charge is 0.382 e. The Kier molecular flexibility index (Phi) is 5.67. The monoisotopic (exact) mass is 480 g/mol. The van der Waals surface area contributed by atoms with Crippen molar-refractivity contribution in [2.24, 2.45) is 5.90 Å². The van der Waals surface area contributed by atoms with E-state index in [1.54, 1.807) is 6.07 Å². The highest BCUT2D eigenvalue weighted by atomic mass is 32.2. The van der Waals surface area contributed by atoms with Gasteiger partial charge < -0.3 is 5.32 Å². The topological polar surface area (TPSA) is 170 Å². The number of nitrogens with two attached hydrogens (primary N) is 1. The molecule has 0 unspecified atom stereocenters. The van der Waals surface area contributed by atoms with Gasteiger partial charge in [-0.05, 0) is 18.9 Å². The van der Waals surface area contributed by atoms with Crippen LogP contribution < -0.4 is 11.2 Å². The molecule has 170 valence electrons. The molecule has 10 nitrogen and oxygen atoms in total. The zero-order valence-corrected chi connectivity index (χ0v) is 18.3. The molecule has 0 heterocycles. The van der Waals surface area contributed by atoms with E-state index >= 15 is 0 Å². The molecule has 0 saturated heterocycles. The molecule has 4 N–H and O–H groups in total. The van der Waals surface area contributed by atoms with Crippen LogP contribution in [0.3, 0.4) is 0 Å². The minimum absolute atomic E-state index is 0.0494. The third-order valence-corrected chi connectivity index (χ3v) is 7.92. The average molecular weight is 481 g/mol. The van der Waals surface area contributed by atoms with Crippen LogP contribution in [0.4, 0.5) is 5.69 Å². The summed E-state index contributed by atoms with van der Waals surface area (Å²) < 4.78 is 63.3. The van der Waals surface area contributed by atoms with Crippen molar-refractivity contribution in [3.05, 3.63) is 52.6 Å². The third kappa shape index (κ3) is 3.73. The molecule has 0 bridgehead atoms. The van der Waals surface area contributed by atoms with Gasteiger partial charge in [-0.2, -0.15) is 27.0 Å². The number of fused-ring (bicyclic) bond motifs is 2. The molecular formula is C20H20N2O8S2. The number of hydrogen-bond donors (Lipinski definition) is 3. The van der Waals surface area contributed by atoms with Gasteiger partial charge in [0.15, 0.2) is 11.6 Å². The van der Waals surface area contributed by atoms with Crippen LogP contribution in [0.15, 0.2) is 40.1 Å². The molecule has 0 atom stereocenters. The first-order valence-corrected chi connectivity index (χ1v) is 12.7. The van der Waals surface area contributed by atoms with Crippen molar-refractivity contribution in [2.75, 3.05) is 5.32 Å². The van der Waals surface area contributed by atoms with E-state index in [0.717, 1.165) is 38.2 Å². The van der Waals surface area contributed by atoms with Crippen LogP contribution in [0.2, 0.25) is 0 Å². The molecule has 0 spiro atoms. The van der Waals surface area contributed by atoms with Gasteiger partial charge in [-0.1, -0.05) is 43.5 Å². The Hall–Kier alpha value is -2.64. The van der Waals surface area contributed by atoms with Gasteiger partial charge in [-0.15, -0.1) is 0 Å². The lowest BCUT2D eigenvalue weighted by Crippen LogP contribution is -2.30. The number of ketones is 2. The van der Waals surface area contributed by atoms with Crippen molar-refractivity contribution >= 4 is 37.5 Å². The lowest BCUT2D eigenvalue weighted by atomic mass is 9.82. The first-order chi connectivity index (χ1) is 15.1. The number of nitrogens with one attached hydrogen (secondary N) is 1. The van der Waals surface area contributed by atoms with E-state index in [1.165, 1.54) is 18.2 Å².